The topological polar surface area (TPSA) is 63.4 Å². The summed E-state index contributed by atoms with van der Waals surface area (Å²) in [5.74, 6) is 0. The fraction of sp³-hybridized carbons (Fsp3) is 0.500. The molecule has 2 rings (SSSR count). The fourth-order valence-corrected chi connectivity index (χ4v) is 3.92. The maximum Gasteiger partial charge on any atom is 0.243 e. The summed E-state index contributed by atoms with van der Waals surface area (Å²) in [4.78, 5) is 0.400. The molecule has 0 radical (unpaired) electrons. The highest BCUT2D eigenvalue weighted by Gasteiger charge is 2.31. The quantitative estimate of drug-likeness (QED) is 0.857. The third kappa shape index (κ3) is 2.36. The second-order valence-electron chi connectivity index (χ2n) is 4.68. The van der Waals surface area contributed by atoms with Crippen molar-refractivity contribution in [2.75, 3.05) is 13.1 Å². The van der Waals surface area contributed by atoms with E-state index >= 15 is 0 Å². The number of nitrogens with two attached hydrogens (primary N) is 1. The van der Waals surface area contributed by atoms with E-state index in [1.165, 1.54) is 4.31 Å². The van der Waals surface area contributed by atoms with E-state index in [4.69, 9.17) is 5.73 Å². The Balaban J connectivity index is 2.38. The Bertz CT molecular complexity index is 525. The SMILES string of the molecule is Cc1ccc(S(=O)(=O)N2CCC(N)C2)c(C)c1. The van der Waals surface area contributed by atoms with Crippen LogP contribution >= 0.6 is 0 Å². The second-order valence-corrected chi connectivity index (χ2v) is 6.59. The van der Waals surface area contributed by atoms with Crippen LogP contribution in [0.1, 0.15) is 17.5 Å². The van der Waals surface area contributed by atoms with Gasteiger partial charge in [-0.1, -0.05) is 17.7 Å². The molecule has 1 unspecified atom stereocenters. The lowest BCUT2D eigenvalue weighted by Gasteiger charge is -2.17. The van der Waals surface area contributed by atoms with Crippen molar-refractivity contribution < 1.29 is 8.42 Å². The Morgan fingerprint density at radius 2 is 2.06 bits per heavy atom. The maximum atomic E-state index is 12.4. The van der Waals surface area contributed by atoms with Crippen LogP contribution in [0, 0.1) is 13.8 Å². The molecule has 0 aliphatic carbocycles. The lowest BCUT2D eigenvalue weighted by molar-refractivity contribution is 0.472. The first-order chi connectivity index (χ1) is 7.91. The summed E-state index contributed by atoms with van der Waals surface area (Å²) in [6.07, 6.45) is 0.740. The van der Waals surface area contributed by atoms with Gasteiger partial charge >= 0.3 is 0 Å². The molecule has 0 bridgehead atoms. The first kappa shape index (κ1) is 12.5. The molecule has 0 amide bonds. The highest BCUT2D eigenvalue weighted by molar-refractivity contribution is 7.89. The normalized spacial score (nSPS) is 21.9. The number of nitrogens with zero attached hydrogens (tertiary/aromatic N) is 1. The summed E-state index contributed by atoms with van der Waals surface area (Å²) in [6, 6.07) is 5.37. The Kier molecular flexibility index (Phi) is 3.25. The zero-order valence-electron chi connectivity index (χ0n) is 10.2. The molecule has 1 saturated heterocycles. The van der Waals surface area contributed by atoms with Crippen LogP contribution in [0.4, 0.5) is 0 Å². The van der Waals surface area contributed by atoms with Gasteiger partial charge in [-0.15, -0.1) is 0 Å². The Hall–Kier alpha value is -0.910. The van der Waals surface area contributed by atoms with Gasteiger partial charge in [0.2, 0.25) is 10.0 Å². The third-order valence-electron chi connectivity index (χ3n) is 3.14. The molecule has 4 nitrogen and oxygen atoms in total. The molecule has 1 aromatic rings. The standard InChI is InChI=1S/C12H18N2O2S/c1-9-3-4-12(10(2)7-9)17(15,16)14-6-5-11(13)8-14/h3-4,7,11H,5-6,8,13H2,1-2H3. The predicted molar refractivity (Wildman–Crippen MR) is 67.3 cm³/mol. The molecule has 1 aliphatic rings. The first-order valence-electron chi connectivity index (χ1n) is 5.74. The van der Waals surface area contributed by atoms with E-state index in [0.717, 1.165) is 17.5 Å². The molecule has 1 aromatic carbocycles. The number of aryl methyl sites for hydroxylation is 2. The Labute approximate surface area is 102 Å². The Morgan fingerprint density at radius 1 is 1.35 bits per heavy atom. The summed E-state index contributed by atoms with van der Waals surface area (Å²) in [5, 5.41) is 0. The minimum atomic E-state index is -3.37. The van der Waals surface area contributed by atoms with E-state index in [0.29, 0.717) is 18.0 Å². The summed E-state index contributed by atoms with van der Waals surface area (Å²) in [7, 11) is -3.37. The molecule has 1 aliphatic heterocycles. The lowest BCUT2D eigenvalue weighted by atomic mass is 10.2. The van der Waals surface area contributed by atoms with Gasteiger partial charge in [0.05, 0.1) is 4.90 Å². The van der Waals surface area contributed by atoms with Gasteiger partial charge in [-0.3, -0.25) is 0 Å². The van der Waals surface area contributed by atoms with Crippen molar-refractivity contribution in [1.29, 1.82) is 0 Å². The maximum absolute atomic E-state index is 12.4. The van der Waals surface area contributed by atoms with Crippen LogP contribution in [0.5, 0.6) is 0 Å². The Morgan fingerprint density at radius 3 is 2.59 bits per heavy atom. The summed E-state index contributed by atoms with van der Waals surface area (Å²) < 4.78 is 26.2. The third-order valence-corrected chi connectivity index (χ3v) is 5.16. The summed E-state index contributed by atoms with van der Waals surface area (Å²) in [6.45, 7) is 4.73. The van der Waals surface area contributed by atoms with Gasteiger partial charge in [0.1, 0.15) is 0 Å². The smallest absolute Gasteiger partial charge is 0.243 e. The molecule has 17 heavy (non-hydrogen) atoms. The molecule has 1 fully saturated rings. The summed E-state index contributed by atoms with van der Waals surface area (Å²) >= 11 is 0. The van der Waals surface area contributed by atoms with E-state index in [9.17, 15) is 8.42 Å². The molecule has 0 spiro atoms. The van der Waals surface area contributed by atoms with Crippen molar-refractivity contribution >= 4 is 10.0 Å². The lowest BCUT2D eigenvalue weighted by Crippen LogP contribution is -2.32. The van der Waals surface area contributed by atoms with Crippen LogP contribution in [0.15, 0.2) is 23.1 Å². The van der Waals surface area contributed by atoms with Crippen LogP contribution in [0.2, 0.25) is 0 Å². The van der Waals surface area contributed by atoms with Crippen molar-refractivity contribution in [3.05, 3.63) is 29.3 Å². The number of rotatable bonds is 2. The zero-order chi connectivity index (χ0) is 12.6. The van der Waals surface area contributed by atoms with Crippen LogP contribution < -0.4 is 5.73 Å². The number of sulfonamides is 1. The number of benzene rings is 1. The minimum absolute atomic E-state index is 0.0319. The second kappa shape index (κ2) is 4.40. The van der Waals surface area contributed by atoms with Gasteiger partial charge in [-0.2, -0.15) is 4.31 Å². The van der Waals surface area contributed by atoms with Crippen molar-refractivity contribution in [2.24, 2.45) is 5.73 Å². The van der Waals surface area contributed by atoms with Gasteiger partial charge in [0, 0.05) is 19.1 Å². The molecule has 94 valence electrons. The van der Waals surface area contributed by atoms with Crippen LogP contribution in [-0.4, -0.2) is 31.9 Å². The molecule has 5 heteroatoms. The van der Waals surface area contributed by atoms with Gasteiger partial charge in [-0.05, 0) is 31.9 Å². The van der Waals surface area contributed by atoms with E-state index in [2.05, 4.69) is 0 Å². The number of hydrogen-bond acceptors (Lipinski definition) is 3. The van der Waals surface area contributed by atoms with Crippen LogP contribution in [0.3, 0.4) is 0 Å². The van der Waals surface area contributed by atoms with E-state index in [-0.39, 0.29) is 6.04 Å². The monoisotopic (exact) mass is 254 g/mol. The van der Waals surface area contributed by atoms with Crippen molar-refractivity contribution in [3.63, 3.8) is 0 Å². The van der Waals surface area contributed by atoms with Gasteiger partial charge < -0.3 is 5.73 Å². The molecular weight excluding hydrogens is 236 g/mol. The molecule has 0 aromatic heterocycles. The molecule has 1 heterocycles. The van der Waals surface area contributed by atoms with Crippen molar-refractivity contribution in [1.82, 2.24) is 4.31 Å². The van der Waals surface area contributed by atoms with E-state index < -0.39 is 10.0 Å². The largest absolute Gasteiger partial charge is 0.326 e. The minimum Gasteiger partial charge on any atom is -0.326 e. The average Bonchev–Trinajstić information content (AvgIpc) is 2.64. The predicted octanol–water partition coefficient (Wildman–Crippen LogP) is 1.03. The van der Waals surface area contributed by atoms with Crippen molar-refractivity contribution in [3.8, 4) is 0 Å². The van der Waals surface area contributed by atoms with Crippen molar-refractivity contribution in [2.45, 2.75) is 31.2 Å². The first-order valence-corrected chi connectivity index (χ1v) is 7.18. The fourth-order valence-electron chi connectivity index (χ4n) is 2.20. The van der Waals surface area contributed by atoms with Gasteiger partial charge in [-0.25, -0.2) is 8.42 Å². The molecule has 0 saturated carbocycles. The highest BCUT2D eigenvalue weighted by atomic mass is 32.2. The van der Waals surface area contributed by atoms with E-state index in [1.54, 1.807) is 6.07 Å². The average molecular weight is 254 g/mol. The number of hydrogen-bond donors (Lipinski definition) is 1. The van der Waals surface area contributed by atoms with Crippen LogP contribution in [-0.2, 0) is 10.0 Å². The van der Waals surface area contributed by atoms with Gasteiger partial charge in [0.15, 0.2) is 0 Å². The molecule has 2 N–H and O–H groups in total. The molecule has 1 atom stereocenters. The highest BCUT2D eigenvalue weighted by Crippen LogP contribution is 2.23. The molecular formula is C12H18N2O2S. The summed E-state index contributed by atoms with van der Waals surface area (Å²) in [5.41, 5.74) is 7.62. The zero-order valence-corrected chi connectivity index (χ0v) is 11.0. The van der Waals surface area contributed by atoms with Gasteiger partial charge in [0.25, 0.3) is 0 Å². The van der Waals surface area contributed by atoms with E-state index in [1.807, 2.05) is 26.0 Å². The van der Waals surface area contributed by atoms with Crippen LogP contribution in [0.25, 0.3) is 0 Å².